The third-order valence-electron chi connectivity index (χ3n) is 33.7. The summed E-state index contributed by atoms with van der Waals surface area (Å²) in [5, 5.41) is 4.69. The quantitative estimate of drug-likeness (QED) is 0.128. The van der Waals surface area contributed by atoms with E-state index in [-0.39, 0.29) is 0 Å². The molecule has 0 aromatic heterocycles. The SMILES string of the molecule is c1ccc(-c2ccc(-c3ccccc3N(c3cccc4c3-c3ccccc3C43c4ccccc4Oc4ccccc43)c3cc4c(c5ccccc35)-c3ccccc3C43c4ccccc4Oc4ccc(-c5ccc(-c6ccc(-c7ccccc7N(c7cccc8c7-c7ccccc7C87c8ccccc8Oc8ccccc87)c7cccc8c7-c7cc9ccccc9cc7C87c8ccccc8Sc8ccccc87)cc6)cc5)cc43)cc2)cc1. The number of benzene rings is 24. The molecule has 6 heteroatoms. The van der Waals surface area contributed by atoms with Crippen molar-refractivity contribution in [3.05, 3.63) is 623 Å². The Morgan fingerprint density at radius 2 is 0.440 bits per heavy atom. The molecule has 4 heterocycles. The van der Waals surface area contributed by atoms with Crippen LogP contribution in [0.15, 0.2) is 544 Å². The second-order valence-electron chi connectivity index (χ2n) is 40.7. The third kappa shape index (κ3) is 11.6. The first-order chi connectivity index (χ1) is 74.4. The van der Waals surface area contributed by atoms with E-state index >= 15 is 0 Å². The van der Waals surface area contributed by atoms with Crippen LogP contribution in [0, 0.1) is 0 Å². The Hall–Kier alpha value is -18.9. The van der Waals surface area contributed by atoms with E-state index in [1.165, 1.54) is 121 Å². The average molecular weight is 1930 g/mol. The molecule has 0 fully saturated rings. The average Bonchev–Trinajstić information content (AvgIpc) is 1.51. The molecule has 1 atom stereocenters. The second-order valence-corrected chi connectivity index (χ2v) is 41.8. The molecule has 150 heavy (non-hydrogen) atoms. The van der Waals surface area contributed by atoms with Crippen LogP contribution in [0.1, 0.15) is 89.0 Å². The van der Waals surface area contributed by atoms with Gasteiger partial charge in [-0.25, -0.2) is 0 Å². The Bertz CT molecular complexity index is 9750. The van der Waals surface area contributed by atoms with Gasteiger partial charge >= 0.3 is 0 Å². The van der Waals surface area contributed by atoms with Gasteiger partial charge in [0, 0.05) is 76.4 Å². The molecule has 0 amide bonds. The molecular weight excluding hydrogens is 1840 g/mol. The molecular formula is C144H88N2O3S. The number of hydrogen-bond donors (Lipinski definition) is 0. The minimum absolute atomic E-state index is 0.673. The van der Waals surface area contributed by atoms with Crippen molar-refractivity contribution in [1.82, 2.24) is 0 Å². The smallest absolute Gasteiger partial charge is 0.132 e. The molecule has 1 unspecified atom stereocenters. The normalized spacial score (nSPS) is 14.9. The van der Waals surface area contributed by atoms with Crippen LogP contribution in [0.2, 0.25) is 0 Å². The number of hydrogen-bond acceptors (Lipinski definition) is 6. The Labute approximate surface area is 873 Å². The zero-order chi connectivity index (χ0) is 98.2. The Morgan fingerprint density at radius 3 is 0.893 bits per heavy atom. The summed E-state index contributed by atoms with van der Waals surface area (Å²) in [7, 11) is 0. The molecule has 5 nitrogen and oxygen atoms in total. The number of rotatable bonds is 11. The highest BCUT2D eigenvalue weighted by Gasteiger charge is 2.58. The predicted octanol–water partition coefficient (Wildman–Crippen LogP) is 37.5. The Morgan fingerprint density at radius 1 is 0.147 bits per heavy atom. The number of fused-ring (bicyclic) bond motifs is 39. The van der Waals surface area contributed by atoms with E-state index in [4.69, 9.17) is 14.2 Å². The van der Waals surface area contributed by atoms with Gasteiger partial charge < -0.3 is 24.0 Å². The standard InChI is InChI=1S/C144H88N2O3S/c1-2-35-89(36-3-1)90-75-79-95(80-76-90)100-40-12-24-60-124(100)146(126-62-33-57-118-139(126)105-45-10-15-48-109(105)142(118)112-51-18-27-66-131(112)148-132-67-28-19-52-113(132)142)128-88-122-137(102-42-7-6-41-101(102)128)103-43-8-13-46-107(103)143(122)114-53-20-29-68-133(114)149-134-84-83-98(87-121(134)143)93-73-71-91(72-74-93)92-77-81-94(82-78-92)99-39-11-23-59-123(99)145(125-61-32-56-117-138(125)104-44-9-14-47-108(104)141(117)110-49-16-25-64-129(110)147-130-65-26-17-50-111(130)141)127-63-34-58-119-140(127)106-85-96-37-4-5-38-97(96)86-120(106)144(119)115-54-21-30-69-135(115)150-136-70-31-22-55-116(136)144/h1-88H. The van der Waals surface area contributed by atoms with E-state index in [2.05, 4.69) is 544 Å². The zero-order valence-corrected chi connectivity index (χ0v) is 82.2. The van der Waals surface area contributed by atoms with E-state index in [1.807, 2.05) is 11.8 Å². The fourth-order valence-electron chi connectivity index (χ4n) is 27.8. The molecule has 0 bridgehead atoms. The van der Waals surface area contributed by atoms with Gasteiger partial charge in [-0.05, 0) is 247 Å². The minimum atomic E-state index is -0.912. The largest absolute Gasteiger partial charge is 0.457 e. The minimum Gasteiger partial charge on any atom is -0.457 e. The first-order valence-electron chi connectivity index (χ1n) is 51.9. The van der Waals surface area contributed by atoms with Crippen molar-refractivity contribution in [2.75, 3.05) is 9.80 Å². The van der Waals surface area contributed by atoms with Crippen molar-refractivity contribution in [3.63, 3.8) is 0 Å². The maximum atomic E-state index is 7.40. The molecule has 8 aliphatic rings. The molecule has 24 aromatic carbocycles. The van der Waals surface area contributed by atoms with E-state index in [0.29, 0.717) is 0 Å². The van der Waals surface area contributed by atoms with Crippen LogP contribution in [0.5, 0.6) is 34.5 Å². The Kier molecular flexibility index (Phi) is 18.2. The van der Waals surface area contributed by atoms with E-state index < -0.39 is 21.7 Å². The van der Waals surface area contributed by atoms with Crippen LogP contribution in [-0.4, -0.2) is 0 Å². The summed E-state index contributed by atoms with van der Waals surface area (Å²) in [5.74, 6) is 5.05. The summed E-state index contributed by atoms with van der Waals surface area (Å²) in [4.78, 5) is 7.80. The highest BCUT2D eigenvalue weighted by molar-refractivity contribution is 7.99. The fraction of sp³-hybridized carbons (Fsp3) is 0.0278. The van der Waals surface area contributed by atoms with Gasteiger partial charge in [0.2, 0.25) is 0 Å². The van der Waals surface area contributed by atoms with Gasteiger partial charge in [-0.1, -0.05) is 442 Å². The van der Waals surface area contributed by atoms with Crippen LogP contribution < -0.4 is 24.0 Å². The van der Waals surface area contributed by atoms with Crippen molar-refractivity contribution in [3.8, 4) is 135 Å². The summed E-state index contributed by atoms with van der Waals surface area (Å²) in [6.45, 7) is 0. The lowest BCUT2D eigenvalue weighted by molar-refractivity contribution is 0.436. The number of anilines is 6. The third-order valence-corrected chi connectivity index (χ3v) is 34.9. The van der Waals surface area contributed by atoms with Gasteiger partial charge in [0.25, 0.3) is 0 Å². The summed E-state index contributed by atoms with van der Waals surface area (Å²) < 4.78 is 21.4. The number of ether oxygens (including phenoxy) is 3. The van der Waals surface area contributed by atoms with Crippen LogP contribution in [0.3, 0.4) is 0 Å². The zero-order valence-electron chi connectivity index (χ0n) is 81.3. The first kappa shape index (κ1) is 84.5. The summed E-state index contributed by atoms with van der Waals surface area (Å²) in [6.07, 6.45) is 0. The highest BCUT2D eigenvalue weighted by Crippen LogP contribution is 2.72. The molecule has 698 valence electrons. The molecule has 4 spiro atoms. The van der Waals surface area contributed by atoms with Gasteiger partial charge in [0.05, 0.1) is 55.8 Å². The fourth-order valence-corrected chi connectivity index (χ4v) is 29.0. The summed E-state index contributed by atoms with van der Waals surface area (Å²) in [5.41, 5.74) is 42.9. The van der Waals surface area contributed by atoms with E-state index in [0.717, 1.165) is 168 Å². The van der Waals surface area contributed by atoms with Gasteiger partial charge in [0.1, 0.15) is 34.5 Å². The molecule has 4 aliphatic heterocycles. The van der Waals surface area contributed by atoms with Crippen molar-refractivity contribution in [1.29, 1.82) is 0 Å². The Balaban J connectivity index is 0.555. The summed E-state index contributed by atoms with van der Waals surface area (Å²) >= 11 is 1.88. The summed E-state index contributed by atoms with van der Waals surface area (Å²) in [6, 6.07) is 200. The van der Waals surface area contributed by atoms with Gasteiger partial charge in [-0.3, -0.25) is 0 Å². The lowest BCUT2D eigenvalue weighted by Crippen LogP contribution is -2.32. The molecule has 32 rings (SSSR count). The maximum Gasteiger partial charge on any atom is 0.132 e. The highest BCUT2D eigenvalue weighted by atomic mass is 32.2. The lowest BCUT2D eigenvalue weighted by atomic mass is 9.65. The monoisotopic (exact) mass is 1920 g/mol. The van der Waals surface area contributed by atoms with Crippen molar-refractivity contribution >= 4 is 67.4 Å². The second kappa shape index (κ2) is 32.3. The molecule has 0 radical (unpaired) electrons. The maximum absolute atomic E-state index is 7.40. The van der Waals surface area contributed by atoms with Gasteiger partial charge in [-0.2, -0.15) is 0 Å². The molecule has 0 N–H and O–H groups in total. The van der Waals surface area contributed by atoms with Gasteiger partial charge in [-0.15, -0.1) is 0 Å². The molecule has 24 aromatic rings. The van der Waals surface area contributed by atoms with Crippen LogP contribution >= 0.6 is 11.8 Å². The molecule has 0 saturated heterocycles. The predicted molar refractivity (Wildman–Crippen MR) is 612 cm³/mol. The van der Waals surface area contributed by atoms with Gasteiger partial charge in [0.15, 0.2) is 0 Å². The topological polar surface area (TPSA) is 34.2 Å². The van der Waals surface area contributed by atoms with Crippen LogP contribution in [0.4, 0.5) is 34.1 Å². The van der Waals surface area contributed by atoms with Crippen molar-refractivity contribution in [2.45, 2.75) is 31.5 Å². The van der Waals surface area contributed by atoms with Crippen LogP contribution in [-0.2, 0) is 21.7 Å². The van der Waals surface area contributed by atoms with Crippen molar-refractivity contribution < 1.29 is 14.2 Å². The molecule has 0 saturated carbocycles. The molecule has 4 aliphatic carbocycles. The van der Waals surface area contributed by atoms with Crippen molar-refractivity contribution in [2.24, 2.45) is 0 Å². The van der Waals surface area contributed by atoms with E-state index in [1.54, 1.807) is 0 Å². The van der Waals surface area contributed by atoms with Crippen LogP contribution in [0.25, 0.3) is 122 Å². The lowest BCUT2D eigenvalue weighted by Gasteiger charge is -2.40. The first-order valence-corrected chi connectivity index (χ1v) is 52.7. The number of nitrogens with zero attached hydrogens (tertiary/aromatic N) is 2. The van der Waals surface area contributed by atoms with E-state index in [9.17, 15) is 0 Å². The number of para-hydroxylation sites is 7.